The van der Waals surface area contributed by atoms with Crippen LogP contribution in [0.5, 0.6) is 0 Å². The molecule has 158 valence electrons. The van der Waals surface area contributed by atoms with Crippen LogP contribution in [0, 0.1) is 13.8 Å². The van der Waals surface area contributed by atoms with Crippen LogP contribution in [-0.2, 0) is 21.3 Å². The molecule has 1 aliphatic rings. The molecule has 9 heteroatoms. The number of rotatable bonds is 5. The number of thiophene rings is 1. The summed E-state index contributed by atoms with van der Waals surface area (Å²) in [5.41, 5.74) is 3.67. The molecule has 1 atom stereocenters. The van der Waals surface area contributed by atoms with Crippen molar-refractivity contribution in [2.75, 3.05) is 26.2 Å². The van der Waals surface area contributed by atoms with Gasteiger partial charge in [-0.1, -0.05) is 23.8 Å². The quantitative estimate of drug-likeness (QED) is 0.555. The SMILES string of the molecule is CCNC(=NCc1ccc(S(N)(=O)=O)s1)N1CCOC(c2ccc(C)cc2C)C1. The molecule has 29 heavy (non-hydrogen) atoms. The van der Waals surface area contributed by atoms with Gasteiger partial charge in [-0.2, -0.15) is 0 Å². The summed E-state index contributed by atoms with van der Waals surface area (Å²) in [6.45, 7) is 9.46. The van der Waals surface area contributed by atoms with Crippen molar-refractivity contribution in [3.8, 4) is 0 Å². The second-order valence-corrected chi connectivity index (χ2v) is 10.1. The molecular formula is C20H28N4O3S2. The van der Waals surface area contributed by atoms with E-state index in [4.69, 9.17) is 14.9 Å². The minimum atomic E-state index is -3.67. The highest BCUT2D eigenvalue weighted by atomic mass is 32.2. The Morgan fingerprint density at radius 3 is 2.79 bits per heavy atom. The predicted octanol–water partition coefficient (Wildman–Crippen LogP) is 2.55. The van der Waals surface area contributed by atoms with Gasteiger partial charge in [0, 0.05) is 18.0 Å². The van der Waals surface area contributed by atoms with Crippen LogP contribution in [0.15, 0.2) is 39.5 Å². The van der Waals surface area contributed by atoms with Crippen LogP contribution >= 0.6 is 11.3 Å². The summed E-state index contributed by atoms with van der Waals surface area (Å²) in [7, 11) is -3.67. The average molecular weight is 437 g/mol. The lowest BCUT2D eigenvalue weighted by molar-refractivity contribution is -0.00834. The molecule has 0 amide bonds. The number of nitrogens with two attached hydrogens (primary N) is 1. The lowest BCUT2D eigenvalue weighted by Crippen LogP contribution is -2.48. The van der Waals surface area contributed by atoms with Gasteiger partial charge in [-0.25, -0.2) is 18.5 Å². The van der Waals surface area contributed by atoms with Crippen molar-refractivity contribution in [2.24, 2.45) is 10.1 Å². The van der Waals surface area contributed by atoms with Crippen LogP contribution in [0.2, 0.25) is 0 Å². The van der Waals surface area contributed by atoms with E-state index in [1.54, 1.807) is 6.07 Å². The number of aliphatic imine (C=N–C) groups is 1. The molecule has 3 rings (SSSR count). The highest BCUT2D eigenvalue weighted by molar-refractivity contribution is 7.91. The number of hydrogen-bond acceptors (Lipinski definition) is 5. The Labute approximate surface area is 176 Å². The van der Waals surface area contributed by atoms with Crippen LogP contribution in [0.3, 0.4) is 0 Å². The highest BCUT2D eigenvalue weighted by Gasteiger charge is 2.25. The van der Waals surface area contributed by atoms with E-state index < -0.39 is 10.0 Å². The van der Waals surface area contributed by atoms with E-state index >= 15 is 0 Å². The van der Waals surface area contributed by atoms with Crippen molar-refractivity contribution in [1.29, 1.82) is 0 Å². The maximum atomic E-state index is 11.5. The Morgan fingerprint density at radius 1 is 1.34 bits per heavy atom. The summed E-state index contributed by atoms with van der Waals surface area (Å²) < 4.78 is 29.1. The zero-order valence-electron chi connectivity index (χ0n) is 17.0. The third-order valence-corrected chi connectivity index (χ3v) is 7.28. The van der Waals surface area contributed by atoms with Crippen molar-refractivity contribution in [3.05, 3.63) is 51.9 Å². The average Bonchev–Trinajstić information content (AvgIpc) is 3.15. The summed E-state index contributed by atoms with van der Waals surface area (Å²) in [4.78, 5) is 7.77. The maximum absolute atomic E-state index is 11.5. The Kier molecular flexibility index (Phi) is 6.94. The number of benzene rings is 1. The molecule has 0 spiro atoms. The largest absolute Gasteiger partial charge is 0.370 e. The molecule has 0 radical (unpaired) electrons. The fraction of sp³-hybridized carbons (Fsp3) is 0.450. The summed E-state index contributed by atoms with van der Waals surface area (Å²) in [6, 6.07) is 9.72. The van der Waals surface area contributed by atoms with Crippen molar-refractivity contribution >= 4 is 27.3 Å². The number of hydrogen-bond donors (Lipinski definition) is 2. The summed E-state index contributed by atoms with van der Waals surface area (Å²) in [5.74, 6) is 0.802. The van der Waals surface area contributed by atoms with Crippen LogP contribution in [0.4, 0.5) is 0 Å². The second-order valence-electron chi connectivity index (χ2n) is 7.10. The number of primary sulfonamides is 1. The summed E-state index contributed by atoms with van der Waals surface area (Å²) in [6.07, 6.45) is -0.0103. The first-order chi connectivity index (χ1) is 13.8. The number of morpholine rings is 1. The molecule has 0 aliphatic carbocycles. The van der Waals surface area contributed by atoms with Gasteiger partial charge in [-0.15, -0.1) is 11.3 Å². The predicted molar refractivity (Wildman–Crippen MR) is 117 cm³/mol. The van der Waals surface area contributed by atoms with Gasteiger partial charge in [-0.3, -0.25) is 0 Å². The van der Waals surface area contributed by atoms with E-state index in [2.05, 4.69) is 42.3 Å². The Hall–Kier alpha value is -1.94. The Balaban J connectivity index is 1.75. The van der Waals surface area contributed by atoms with E-state index in [-0.39, 0.29) is 10.3 Å². The molecule has 3 N–H and O–H groups in total. The highest BCUT2D eigenvalue weighted by Crippen LogP contribution is 2.26. The molecule has 7 nitrogen and oxygen atoms in total. The van der Waals surface area contributed by atoms with Gasteiger partial charge in [0.25, 0.3) is 0 Å². The van der Waals surface area contributed by atoms with Crippen molar-refractivity contribution in [2.45, 2.75) is 37.6 Å². The van der Waals surface area contributed by atoms with E-state index in [1.165, 1.54) is 22.8 Å². The first-order valence-corrected chi connectivity index (χ1v) is 12.0. The topological polar surface area (TPSA) is 97.0 Å². The van der Waals surface area contributed by atoms with Crippen molar-refractivity contribution in [3.63, 3.8) is 0 Å². The molecule has 1 saturated heterocycles. The first kappa shape index (κ1) is 21.8. The number of aryl methyl sites for hydroxylation is 2. The lowest BCUT2D eigenvalue weighted by Gasteiger charge is -2.36. The molecule has 0 saturated carbocycles. The van der Waals surface area contributed by atoms with Crippen molar-refractivity contribution < 1.29 is 13.2 Å². The van der Waals surface area contributed by atoms with Crippen LogP contribution in [-0.4, -0.2) is 45.5 Å². The van der Waals surface area contributed by atoms with Gasteiger partial charge in [0.15, 0.2) is 5.96 Å². The number of ether oxygens (including phenoxy) is 1. The zero-order valence-corrected chi connectivity index (χ0v) is 18.6. The lowest BCUT2D eigenvalue weighted by atomic mass is 10.00. The van der Waals surface area contributed by atoms with Gasteiger partial charge in [0.05, 0.1) is 19.7 Å². The fourth-order valence-electron chi connectivity index (χ4n) is 3.39. The molecule has 2 aromatic rings. The smallest absolute Gasteiger partial charge is 0.247 e. The molecule has 1 aromatic carbocycles. The number of sulfonamides is 1. The zero-order chi connectivity index (χ0) is 21.0. The Morgan fingerprint density at radius 2 is 2.14 bits per heavy atom. The molecular weight excluding hydrogens is 408 g/mol. The van der Waals surface area contributed by atoms with Crippen molar-refractivity contribution in [1.82, 2.24) is 10.2 Å². The van der Waals surface area contributed by atoms with E-state index in [9.17, 15) is 8.42 Å². The molecule has 1 aromatic heterocycles. The van der Waals surface area contributed by atoms with Gasteiger partial charge < -0.3 is 15.0 Å². The summed E-state index contributed by atoms with van der Waals surface area (Å²) >= 11 is 1.16. The van der Waals surface area contributed by atoms with E-state index in [0.29, 0.717) is 19.7 Å². The van der Waals surface area contributed by atoms with Gasteiger partial charge in [-0.05, 0) is 44.0 Å². The molecule has 0 bridgehead atoms. The van der Waals surface area contributed by atoms with Gasteiger partial charge in [0.2, 0.25) is 10.0 Å². The standard InChI is InChI=1S/C20H28N4O3S2/c1-4-22-20(23-12-16-6-8-19(28-16)29(21,25)26)24-9-10-27-18(13-24)17-7-5-14(2)11-15(17)3/h5-8,11,18H,4,9-10,12-13H2,1-3H3,(H,22,23)(H2,21,25,26). The minimum absolute atomic E-state index is 0.0103. The molecule has 1 unspecified atom stereocenters. The monoisotopic (exact) mass is 436 g/mol. The van der Waals surface area contributed by atoms with E-state index in [1.807, 2.05) is 6.92 Å². The molecule has 2 heterocycles. The minimum Gasteiger partial charge on any atom is -0.370 e. The number of nitrogens with one attached hydrogen (secondary N) is 1. The van der Waals surface area contributed by atoms with Crippen LogP contribution in [0.1, 0.15) is 34.6 Å². The first-order valence-electron chi connectivity index (χ1n) is 9.61. The number of guanidine groups is 1. The van der Waals surface area contributed by atoms with Gasteiger partial charge >= 0.3 is 0 Å². The molecule has 1 aliphatic heterocycles. The van der Waals surface area contributed by atoms with Crippen LogP contribution in [0.25, 0.3) is 0 Å². The van der Waals surface area contributed by atoms with E-state index in [0.717, 1.165) is 35.3 Å². The van der Waals surface area contributed by atoms with Gasteiger partial charge in [0.1, 0.15) is 10.3 Å². The summed E-state index contributed by atoms with van der Waals surface area (Å²) in [5, 5.41) is 8.53. The fourth-order valence-corrected chi connectivity index (χ4v) is 5.09. The molecule has 1 fully saturated rings. The normalized spacial score (nSPS) is 18.1. The second kappa shape index (κ2) is 9.25. The van der Waals surface area contributed by atoms with Crippen LogP contribution < -0.4 is 10.5 Å². The Bertz CT molecular complexity index is 985. The third kappa shape index (κ3) is 5.57. The number of nitrogens with zero attached hydrogens (tertiary/aromatic N) is 2. The third-order valence-electron chi connectivity index (χ3n) is 4.78. The maximum Gasteiger partial charge on any atom is 0.247 e.